The largest absolute Gasteiger partial charge is 0.334 e. The highest BCUT2D eigenvalue weighted by Crippen LogP contribution is 2.25. The fourth-order valence-corrected chi connectivity index (χ4v) is 4.66. The Balaban J connectivity index is 1.49. The number of nitrogens with one attached hydrogen (secondary N) is 1. The second-order valence-corrected chi connectivity index (χ2v) is 8.21. The van der Waals surface area contributed by atoms with Crippen LogP contribution in [0.5, 0.6) is 0 Å². The molecule has 0 fully saturated rings. The molecule has 2 amide bonds. The molecule has 0 unspecified atom stereocenters. The van der Waals surface area contributed by atoms with E-state index in [2.05, 4.69) is 15.2 Å². The van der Waals surface area contributed by atoms with Crippen LogP contribution >= 0.6 is 22.7 Å². The van der Waals surface area contributed by atoms with Crippen molar-refractivity contribution in [2.75, 3.05) is 13.6 Å². The summed E-state index contributed by atoms with van der Waals surface area (Å²) in [4.78, 5) is 34.0. The van der Waals surface area contributed by atoms with Gasteiger partial charge < -0.3 is 9.80 Å². The molecule has 0 saturated carbocycles. The Hall–Kier alpha value is -2.52. The number of carbonyl (C=O) groups is 2. The first-order chi connectivity index (χ1) is 13.0. The van der Waals surface area contributed by atoms with Gasteiger partial charge in [-0.05, 0) is 30.4 Å². The quantitative estimate of drug-likeness (QED) is 0.729. The molecule has 3 aromatic heterocycles. The fraction of sp³-hybridized carbons (Fsp3) is 0.333. The topological polar surface area (TPSA) is 82.2 Å². The average Bonchev–Trinajstić information content (AvgIpc) is 3.40. The van der Waals surface area contributed by atoms with Gasteiger partial charge in [-0.25, -0.2) is 4.98 Å². The van der Waals surface area contributed by atoms with Crippen molar-refractivity contribution in [2.24, 2.45) is 0 Å². The molecule has 3 aromatic rings. The molecule has 27 heavy (non-hydrogen) atoms. The summed E-state index contributed by atoms with van der Waals surface area (Å²) in [6.07, 6.45) is 0.619. The highest BCUT2D eigenvalue weighted by molar-refractivity contribution is 7.12. The Labute approximate surface area is 164 Å². The molecular formula is C18H19N5O2S2. The summed E-state index contributed by atoms with van der Waals surface area (Å²) in [5.41, 5.74) is 5.82. The van der Waals surface area contributed by atoms with Crippen molar-refractivity contribution in [3.8, 4) is 0 Å². The van der Waals surface area contributed by atoms with Gasteiger partial charge in [0.25, 0.3) is 11.8 Å². The molecule has 9 heteroatoms. The number of carbonyl (C=O) groups excluding carboxylic acids is 2. The average molecular weight is 402 g/mol. The van der Waals surface area contributed by atoms with Gasteiger partial charge in [0.15, 0.2) is 5.69 Å². The molecular weight excluding hydrogens is 382 g/mol. The van der Waals surface area contributed by atoms with Crippen LogP contribution in [-0.2, 0) is 19.5 Å². The molecule has 1 aliphatic heterocycles. The lowest BCUT2D eigenvalue weighted by atomic mass is 10.0. The molecule has 0 aromatic carbocycles. The lowest BCUT2D eigenvalue weighted by Crippen LogP contribution is -2.36. The van der Waals surface area contributed by atoms with Crippen LogP contribution in [0, 0.1) is 6.92 Å². The Bertz CT molecular complexity index is 976. The number of thiophene rings is 1. The van der Waals surface area contributed by atoms with Crippen molar-refractivity contribution in [1.82, 2.24) is 25.0 Å². The van der Waals surface area contributed by atoms with Gasteiger partial charge in [-0.1, -0.05) is 0 Å². The smallest absolute Gasteiger partial charge is 0.274 e. The lowest BCUT2D eigenvalue weighted by Gasteiger charge is -2.27. The van der Waals surface area contributed by atoms with E-state index in [-0.39, 0.29) is 11.8 Å². The lowest BCUT2D eigenvalue weighted by molar-refractivity contribution is 0.0736. The van der Waals surface area contributed by atoms with Crippen molar-refractivity contribution in [3.05, 3.63) is 55.4 Å². The van der Waals surface area contributed by atoms with Crippen LogP contribution in [0.25, 0.3) is 0 Å². The molecule has 0 spiro atoms. The minimum absolute atomic E-state index is 0.0382. The minimum atomic E-state index is -0.130. The predicted octanol–water partition coefficient (Wildman–Crippen LogP) is 2.71. The molecule has 0 saturated heterocycles. The first-order valence-corrected chi connectivity index (χ1v) is 10.4. The molecule has 1 N–H and O–H groups in total. The summed E-state index contributed by atoms with van der Waals surface area (Å²) in [7, 11) is 1.75. The van der Waals surface area contributed by atoms with Gasteiger partial charge in [-0.15, -0.1) is 22.7 Å². The summed E-state index contributed by atoms with van der Waals surface area (Å²) in [5.74, 6) is -0.0920. The van der Waals surface area contributed by atoms with Crippen LogP contribution in [-0.4, -0.2) is 50.4 Å². The van der Waals surface area contributed by atoms with E-state index in [1.807, 2.05) is 28.7 Å². The number of rotatable bonds is 4. The van der Waals surface area contributed by atoms with Crippen LogP contribution in [0.15, 0.2) is 22.3 Å². The van der Waals surface area contributed by atoms with Gasteiger partial charge in [0.05, 0.1) is 34.9 Å². The van der Waals surface area contributed by atoms with E-state index >= 15 is 0 Å². The Morgan fingerprint density at radius 3 is 2.96 bits per heavy atom. The van der Waals surface area contributed by atoms with Gasteiger partial charge >= 0.3 is 0 Å². The monoisotopic (exact) mass is 401 g/mol. The highest BCUT2D eigenvalue weighted by atomic mass is 32.1. The summed E-state index contributed by atoms with van der Waals surface area (Å²) in [6.45, 7) is 3.43. The third kappa shape index (κ3) is 3.40. The van der Waals surface area contributed by atoms with Crippen LogP contribution in [0.3, 0.4) is 0 Å². The van der Waals surface area contributed by atoms with Gasteiger partial charge in [-0.3, -0.25) is 14.7 Å². The molecule has 7 nitrogen and oxygen atoms in total. The van der Waals surface area contributed by atoms with Crippen LogP contribution < -0.4 is 0 Å². The van der Waals surface area contributed by atoms with E-state index in [9.17, 15) is 9.59 Å². The predicted molar refractivity (Wildman–Crippen MR) is 104 cm³/mol. The zero-order valence-electron chi connectivity index (χ0n) is 15.1. The van der Waals surface area contributed by atoms with Crippen molar-refractivity contribution < 1.29 is 9.59 Å². The van der Waals surface area contributed by atoms with Crippen molar-refractivity contribution >= 4 is 34.5 Å². The molecule has 0 aliphatic carbocycles. The number of fused-ring (bicyclic) bond motifs is 1. The van der Waals surface area contributed by atoms with Crippen molar-refractivity contribution in [1.29, 1.82) is 0 Å². The third-order valence-corrected chi connectivity index (χ3v) is 6.35. The number of thiazole rings is 1. The SMILES string of the molecule is Cc1ccsc1C(=O)N1CCc2c(C(=O)N(C)Cc3cscn3)n[nH]c2C1. The summed E-state index contributed by atoms with van der Waals surface area (Å²) in [6, 6.07) is 1.96. The van der Waals surface area contributed by atoms with E-state index < -0.39 is 0 Å². The molecule has 1 aliphatic rings. The van der Waals surface area contributed by atoms with E-state index in [0.717, 1.165) is 27.4 Å². The number of aryl methyl sites for hydroxylation is 1. The highest BCUT2D eigenvalue weighted by Gasteiger charge is 2.29. The maximum Gasteiger partial charge on any atom is 0.274 e. The first-order valence-electron chi connectivity index (χ1n) is 8.56. The number of aromatic amines is 1. The zero-order valence-corrected chi connectivity index (χ0v) is 16.7. The van der Waals surface area contributed by atoms with Gasteiger partial charge in [0.1, 0.15) is 0 Å². The Morgan fingerprint density at radius 1 is 1.41 bits per heavy atom. The van der Waals surface area contributed by atoms with Gasteiger partial charge in [0, 0.05) is 24.5 Å². The first kappa shape index (κ1) is 17.9. The second kappa shape index (κ2) is 7.24. The number of H-pyrrole nitrogens is 1. The molecule has 4 rings (SSSR count). The normalized spacial score (nSPS) is 13.5. The summed E-state index contributed by atoms with van der Waals surface area (Å²) < 4.78 is 0. The van der Waals surface area contributed by atoms with Gasteiger partial charge in [-0.2, -0.15) is 5.10 Å². The minimum Gasteiger partial charge on any atom is -0.334 e. The van der Waals surface area contributed by atoms with Crippen LogP contribution in [0.4, 0.5) is 0 Å². The molecule has 0 atom stereocenters. The van der Waals surface area contributed by atoms with E-state index in [0.29, 0.717) is 31.7 Å². The Morgan fingerprint density at radius 2 is 2.26 bits per heavy atom. The van der Waals surface area contributed by atoms with Crippen molar-refractivity contribution in [3.63, 3.8) is 0 Å². The zero-order chi connectivity index (χ0) is 19.0. The molecule has 4 heterocycles. The van der Waals surface area contributed by atoms with Crippen LogP contribution in [0.2, 0.25) is 0 Å². The number of amides is 2. The van der Waals surface area contributed by atoms with E-state index in [1.165, 1.54) is 22.7 Å². The van der Waals surface area contributed by atoms with Crippen LogP contribution in [0.1, 0.15) is 42.7 Å². The molecule has 0 bridgehead atoms. The maximum atomic E-state index is 12.8. The summed E-state index contributed by atoms with van der Waals surface area (Å²) in [5, 5.41) is 11.1. The number of hydrogen-bond acceptors (Lipinski definition) is 6. The number of aromatic nitrogens is 3. The van der Waals surface area contributed by atoms with Crippen molar-refractivity contribution in [2.45, 2.75) is 26.4 Å². The molecule has 0 radical (unpaired) electrons. The second-order valence-electron chi connectivity index (χ2n) is 6.58. The Kier molecular flexibility index (Phi) is 4.79. The molecule has 140 valence electrons. The number of nitrogens with zero attached hydrogens (tertiary/aromatic N) is 4. The fourth-order valence-electron chi connectivity index (χ4n) is 3.21. The van der Waals surface area contributed by atoms with E-state index in [1.54, 1.807) is 17.5 Å². The van der Waals surface area contributed by atoms with Gasteiger partial charge in [0.2, 0.25) is 0 Å². The maximum absolute atomic E-state index is 12.8. The number of hydrogen-bond donors (Lipinski definition) is 1. The summed E-state index contributed by atoms with van der Waals surface area (Å²) >= 11 is 2.97. The standard InChI is InChI=1S/C18H19N5O2S2/c1-11-4-6-27-16(11)18(25)23-5-3-13-14(8-23)20-21-15(13)17(24)22(2)7-12-9-26-10-19-12/h4,6,9-10H,3,5,7-8H2,1-2H3,(H,20,21). The van der Waals surface area contributed by atoms with E-state index in [4.69, 9.17) is 0 Å². The third-order valence-electron chi connectivity index (χ3n) is 4.71.